The molecule has 1 amide bonds. The summed E-state index contributed by atoms with van der Waals surface area (Å²) in [6.07, 6.45) is 0.0441. The number of nitrogen functional groups attached to an aromatic ring is 1. The van der Waals surface area contributed by atoms with Gasteiger partial charge in [0.15, 0.2) is 0 Å². The average Bonchev–Trinajstić information content (AvgIpc) is 2.33. The molecule has 0 radical (unpaired) electrons. The average molecular weight is 268 g/mol. The lowest BCUT2D eigenvalue weighted by Crippen LogP contribution is -2.24. The van der Waals surface area contributed by atoms with Crippen molar-refractivity contribution in [1.29, 1.82) is 0 Å². The van der Waals surface area contributed by atoms with Crippen molar-refractivity contribution in [2.24, 2.45) is 0 Å². The number of anilines is 1. The van der Waals surface area contributed by atoms with E-state index in [0.717, 1.165) is 0 Å². The highest BCUT2D eigenvalue weighted by Crippen LogP contribution is 2.17. The second-order valence-electron chi connectivity index (χ2n) is 4.04. The lowest BCUT2D eigenvalue weighted by molar-refractivity contribution is -0.121. The van der Waals surface area contributed by atoms with Gasteiger partial charge in [-0.15, -0.1) is 0 Å². The maximum Gasteiger partial charge on any atom is 0.341 e. The van der Waals surface area contributed by atoms with Gasteiger partial charge in [-0.3, -0.25) is 4.79 Å². The second-order valence-corrected chi connectivity index (χ2v) is 4.04. The lowest BCUT2D eigenvalue weighted by atomic mass is 10.1. The van der Waals surface area contributed by atoms with Crippen molar-refractivity contribution in [3.8, 4) is 0 Å². The van der Waals surface area contributed by atoms with Gasteiger partial charge in [0.1, 0.15) is 12.4 Å². The van der Waals surface area contributed by atoms with Crippen LogP contribution in [0.3, 0.4) is 0 Å². The summed E-state index contributed by atoms with van der Waals surface area (Å²) in [5, 5.41) is 2.56. The molecule has 1 aromatic rings. The smallest absolute Gasteiger partial charge is 0.341 e. The molecule has 0 fully saturated rings. The van der Waals surface area contributed by atoms with Gasteiger partial charge in [-0.1, -0.05) is 0 Å². The van der Waals surface area contributed by atoms with Gasteiger partial charge < -0.3 is 15.8 Å². The topological polar surface area (TPSA) is 81.4 Å². The van der Waals surface area contributed by atoms with E-state index in [0.29, 0.717) is 6.54 Å². The highest BCUT2D eigenvalue weighted by Gasteiger charge is 2.16. The number of esters is 1. The van der Waals surface area contributed by atoms with Crippen LogP contribution in [0.15, 0.2) is 12.1 Å². The molecule has 0 bridgehead atoms. The predicted molar refractivity (Wildman–Crippen MR) is 69.1 cm³/mol. The third-order valence-electron chi connectivity index (χ3n) is 2.43. The Bertz CT molecular complexity index is 489. The molecule has 0 spiro atoms. The van der Waals surface area contributed by atoms with Crippen LogP contribution < -0.4 is 11.1 Å². The third kappa shape index (κ3) is 4.24. The molecular weight excluding hydrogens is 251 g/mol. The number of rotatable bonds is 5. The Kier molecular flexibility index (Phi) is 5.29. The minimum Gasteiger partial charge on any atom is -0.461 e. The molecule has 0 aromatic heterocycles. The van der Waals surface area contributed by atoms with Crippen LogP contribution in [0.25, 0.3) is 0 Å². The number of nitrogens with two attached hydrogens (primary N) is 1. The molecule has 0 saturated carbocycles. The number of hydrogen-bond acceptors (Lipinski definition) is 4. The van der Waals surface area contributed by atoms with Crippen molar-refractivity contribution in [3.63, 3.8) is 0 Å². The van der Waals surface area contributed by atoms with Crippen molar-refractivity contribution in [2.75, 3.05) is 18.9 Å². The Balaban J connectivity index is 2.62. The summed E-state index contributed by atoms with van der Waals surface area (Å²) in [6.45, 7) is 3.71. The molecule has 0 aliphatic heterocycles. The predicted octanol–water partition coefficient (Wildman–Crippen LogP) is 1.40. The molecule has 6 heteroatoms. The maximum atomic E-state index is 13.7. The summed E-state index contributed by atoms with van der Waals surface area (Å²) < 4.78 is 18.5. The van der Waals surface area contributed by atoms with Gasteiger partial charge >= 0.3 is 5.97 Å². The van der Waals surface area contributed by atoms with E-state index in [2.05, 4.69) is 5.32 Å². The Morgan fingerprint density at radius 2 is 2.11 bits per heavy atom. The third-order valence-corrected chi connectivity index (χ3v) is 2.43. The van der Waals surface area contributed by atoms with E-state index in [4.69, 9.17) is 10.5 Å². The Morgan fingerprint density at radius 1 is 1.42 bits per heavy atom. The van der Waals surface area contributed by atoms with Crippen molar-refractivity contribution in [2.45, 2.75) is 20.3 Å². The quantitative estimate of drug-likeness (QED) is 0.624. The van der Waals surface area contributed by atoms with E-state index < -0.39 is 11.8 Å². The van der Waals surface area contributed by atoms with Crippen LogP contribution in [0, 0.1) is 12.7 Å². The molecule has 0 unspecified atom stereocenters. The van der Waals surface area contributed by atoms with E-state index in [-0.39, 0.29) is 35.7 Å². The SMILES string of the molecule is CCNC(=O)CCOC(=O)c1cc(N)cc(C)c1F. The van der Waals surface area contributed by atoms with Crippen molar-refractivity contribution in [1.82, 2.24) is 5.32 Å². The van der Waals surface area contributed by atoms with Crippen LogP contribution in [0.2, 0.25) is 0 Å². The number of halogens is 1. The van der Waals surface area contributed by atoms with Crippen molar-refractivity contribution < 1.29 is 18.7 Å². The Labute approximate surface area is 110 Å². The second kappa shape index (κ2) is 6.72. The van der Waals surface area contributed by atoms with Gasteiger partial charge in [-0.05, 0) is 31.5 Å². The molecule has 3 N–H and O–H groups in total. The maximum absolute atomic E-state index is 13.7. The van der Waals surface area contributed by atoms with Crippen molar-refractivity contribution in [3.05, 3.63) is 29.1 Å². The number of nitrogens with one attached hydrogen (secondary N) is 1. The van der Waals surface area contributed by atoms with Crippen LogP contribution in [-0.4, -0.2) is 25.0 Å². The highest BCUT2D eigenvalue weighted by atomic mass is 19.1. The first-order chi connectivity index (χ1) is 8.95. The molecule has 5 nitrogen and oxygen atoms in total. The summed E-state index contributed by atoms with van der Waals surface area (Å²) >= 11 is 0. The number of carbonyl (C=O) groups excluding carboxylic acids is 2. The zero-order valence-corrected chi connectivity index (χ0v) is 11.0. The number of carbonyl (C=O) groups is 2. The molecule has 0 heterocycles. The summed E-state index contributed by atoms with van der Waals surface area (Å²) in [7, 11) is 0. The molecule has 19 heavy (non-hydrogen) atoms. The highest BCUT2D eigenvalue weighted by molar-refractivity contribution is 5.91. The molecule has 1 aromatic carbocycles. The van der Waals surface area contributed by atoms with Crippen LogP contribution in [0.1, 0.15) is 29.3 Å². The Morgan fingerprint density at radius 3 is 2.74 bits per heavy atom. The lowest BCUT2D eigenvalue weighted by Gasteiger charge is -2.08. The molecule has 1 rings (SSSR count). The molecule has 0 aliphatic rings. The van der Waals surface area contributed by atoms with Crippen LogP contribution in [-0.2, 0) is 9.53 Å². The van der Waals surface area contributed by atoms with Gasteiger partial charge in [0.05, 0.1) is 12.0 Å². The first-order valence-corrected chi connectivity index (χ1v) is 5.95. The van der Waals surface area contributed by atoms with Crippen LogP contribution in [0.4, 0.5) is 10.1 Å². The molecule has 0 atom stereocenters. The van der Waals surface area contributed by atoms with E-state index in [1.807, 2.05) is 0 Å². The molecule has 104 valence electrons. The first-order valence-electron chi connectivity index (χ1n) is 5.95. The Hall–Kier alpha value is -2.11. The summed E-state index contributed by atoms with van der Waals surface area (Å²) in [6, 6.07) is 2.65. The number of benzene rings is 1. The van der Waals surface area contributed by atoms with Gasteiger partial charge in [0, 0.05) is 12.2 Å². The first kappa shape index (κ1) is 14.9. The normalized spacial score (nSPS) is 10.1. The monoisotopic (exact) mass is 268 g/mol. The van der Waals surface area contributed by atoms with Crippen molar-refractivity contribution >= 4 is 17.6 Å². The summed E-state index contributed by atoms with van der Waals surface area (Å²) in [5.74, 6) is -1.70. The molecule has 0 aliphatic carbocycles. The van der Waals surface area contributed by atoms with Crippen LogP contribution in [0.5, 0.6) is 0 Å². The van der Waals surface area contributed by atoms with E-state index in [9.17, 15) is 14.0 Å². The zero-order valence-electron chi connectivity index (χ0n) is 11.0. The number of hydrogen-bond donors (Lipinski definition) is 2. The fourth-order valence-corrected chi connectivity index (χ4v) is 1.55. The van der Waals surface area contributed by atoms with Gasteiger partial charge in [0.2, 0.25) is 5.91 Å². The van der Waals surface area contributed by atoms with Crippen LogP contribution >= 0.6 is 0 Å². The molecule has 0 saturated heterocycles. The van der Waals surface area contributed by atoms with E-state index >= 15 is 0 Å². The van der Waals surface area contributed by atoms with E-state index in [1.165, 1.54) is 19.1 Å². The minimum absolute atomic E-state index is 0.0441. The molecular formula is C13H17FN2O3. The summed E-state index contributed by atoms with van der Waals surface area (Å²) in [5.41, 5.74) is 5.89. The number of amides is 1. The fraction of sp³-hybridized carbons (Fsp3) is 0.385. The standard InChI is InChI=1S/C13H17FN2O3/c1-3-16-11(17)4-5-19-13(18)10-7-9(15)6-8(2)12(10)14/h6-7H,3-5,15H2,1-2H3,(H,16,17). The fourth-order valence-electron chi connectivity index (χ4n) is 1.55. The van der Waals surface area contributed by atoms with Gasteiger partial charge in [-0.25, -0.2) is 9.18 Å². The van der Waals surface area contributed by atoms with E-state index in [1.54, 1.807) is 6.92 Å². The largest absolute Gasteiger partial charge is 0.461 e. The van der Waals surface area contributed by atoms with Gasteiger partial charge in [-0.2, -0.15) is 0 Å². The number of aryl methyl sites for hydroxylation is 1. The zero-order chi connectivity index (χ0) is 14.4. The number of ether oxygens (including phenoxy) is 1. The van der Waals surface area contributed by atoms with Gasteiger partial charge in [0.25, 0.3) is 0 Å². The summed E-state index contributed by atoms with van der Waals surface area (Å²) in [4.78, 5) is 22.8. The minimum atomic E-state index is -0.822.